The Hall–Kier alpha value is -1.43. The van der Waals surface area contributed by atoms with Crippen LogP contribution in [0, 0.1) is 53.8 Å². The minimum atomic E-state index is -0.275. The summed E-state index contributed by atoms with van der Waals surface area (Å²) in [6, 6.07) is 2.10. The lowest BCUT2D eigenvalue weighted by Crippen LogP contribution is -2.03. The van der Waals surface area contributed by atoms with Crippen LogP contribution in [0.3, 0.4) is 0 Å². The van der Waals surface area contributed by atoms with Crippen molar-refractivity contribution in [2.75, 3.05) is 6.61 Å². The maximum absolute atomic E-state index is 8.83. The van der Waals surface area contributed by atoms with Gasteiger partial charge in [0.2, 0.25) is 0 Å². The van der Waals surface area contributed by atoms with Crippen molar-refractivity contribution >= 4 is 0 Å². The van der Waals surface area contributed by atoms with Gasteiger partial charge in [0.15, 0.2) is 0 Å². The lowest BCUT2D eigenvalue weighted by Gasteiger charge is -2.13. The monoisotopic (exact) mass is 259 g/mol. The van der Waals surface area contributed by atoms with E-state index < -0.39 is 0 Å². The van der Waals surface area contributed by atoms with Crippen molar-refractivity contribution in [3.05, 3.63) is 0 Å². The highest BCUT2D eigenvalue weighted by atomic mass is 16.3. The summed E-state index contributed by atoms with van der Waals surface area (Å²) in [6.07, 6.45) is 17.5. The van der Waals surface area contributed by atoms with Gasteiger partial charge in [-0.3, -0.25) is 0 Å². The van der Waals surface area contributed by atoms with Crippen LogP contribution < -0.4 is 0 Å². The van der Waals surface area contributed by atoms with E-state index in [0.717, 1.165) is 44.9 Å². The van der Waals surface area contributed by atoms with Gasteiger partial charge in [-0.15, -0.1) is 18.8 Å². The third-order valence-corrected chi connectivity index (χ3v) is 3.51. The molecule has 19 heavy (non-hydrogen) atoms. The van der Waals surface area contributed by atoms with E-state index in [1.807, 2.05) is 0 Å². The summed E-state index contributed by atoms with van der Waals surface area (Å²) in [5.41, 5.74) is 0. The Kier molecular flexibility index (Phi) is 10.8. The van der Waals surface area contributed by atoms with Crippen LogP contribution in [0.4, 0.5) is 0 Å². The second-order valence-corrected chi connectivity index (χ2v) is 5.19. The molecular formula is C17H25NO. The van der Waals surface area contributed by atoms with Crippen molar-refractivity contribution in [1.29, 1.82) is 5.26 Å². The highest BCUT2D eigenvalue weighted by Crippen LogP contribution is 2.20. The fraction of sp³-hybridized carbons (Fsp3) is 0.706. The largest absolute Gasteiger partial charge is 0.396 e. The molecule has 1 N–H and O–H groups in total. The van der Waals surface area contributed by atoms with Gasteiger partial charge in [-0.1, -0.05) is 25.7 Å². The molecule has 0 aliphatic heterocycles. The van der Waals surface area contributed by atoms with E-state index in [1.165, 1.54) is 0 Å². The standard InChI is InChI=1S/C17H25NO/c1-4-16(9-6-8-15(3)12-13-19)10-7-11-17(5-2)14-18/h1-2,15-17,19H,6-13H2,3H3/t15-,16-,17?/m1/s1. The molecule has 0 fully saturated rings. The van der Waals surface area contributed by atoms with Gasteiger partial charge in [-0.2, -0.15) is 5.26 Å². The third kappa shape index (κ3) is 9.18. The van der Waals surface area contributed by atoms with Crippen molar-refractivity contribution in [2.45, 2.75) is 51.9 Å². The Morgan fingerprint density at radius 1 is 1.00 bits per heavy atom. The molecule has 0 aliphatic rings. The maximum Gasteiger partial charge on any atom is 0.107 e. The Bertz CT molecular complexity index is 328. The summed E-state index contributed by atoms with van der Waals surface area (Å²) >= 11 is 0. The van der Waals surface area contributed by atoms with E-state index >= 15 is 0 Å². The Labute approximate surface area is 118 Å². The Morgan fingerprint density at radius 3 is 2.11 bits per heavy atom. The van der Waals surface area contributed by atoms with E-state index in [1.54, 1.807) is 0 Å². The van der Waals surface area contributed by atoms with Crippen LogP contribution in [0.25, 0.3) is 0 Å². The average Bonchev–Trinajstić information content (AvgIpc) is 2.42. The van der Waals surface area contributed by atoms with Crippen LogP contribution in [0.2, 0.25) is 0 Å². The Morgan fingerprint density at radius 2 is 1.63 bits per heavy atom. The molecule has 0 rings (SSSR count). The molecule has 2 nitrogen and oxygen atoms in total. The van der Waals surface area contributed by atoms with Crippen molar-refractivity contribution in [2.24, 2.45) is 17.8 Å². The molecule has 104 valence electrons. The van der Waals surface area contributed by atoms with Gasteiger partial charge < -0.3 is 5.11 Å². The van der Waals surface area contributed by atoms with Crippen LogP contribution in [0.1, 0.15) is 51.9 Å². The minimum Gasteiger partial charge on any atom is -0.396 e. The molecule has 0 saturated carbocycles. The Balaban J connectivity index is 3.77. The van der Waals surface area contributed by atoms with Crippen LogP contribution >= 0.6 is 0 Å². The molecule has 0 aromatic heterocycles. The van der Waals surface area contributed by atoms with Crippen molar-refractivity contribution in [1.82, 2.24) is 0 Å². The number of nitrogens with zero attached hydrogens (tertiary/aromatic N) is 1. The zero-order chi connectivity index (χ0) is 14.5. The van der Waals surface area contributed by atoms with Gasteiger partial charge in [-0.25, -0.2) is 0 Å². The first kappa shape index (κ1) is 17.6. The zero-order valence-corrected chi connectivity index (χ0v) is 11.9. The molecular weight excluding hydrogens is 234 g/mol. The lowest BCUT2D eigenvalue weighted by atomic mass is 9.92. The quantitative estimate of drug-likeness (QED) is 0.611. The molecule has 0 aromatic rings. The molecule has 1 unspecified atom stereocenters. The first-order chi connectivity index (χ1) is 9.17. The van der Waals surface area contributed by atoms with Gasteiger partial charge in [0, 0.05) is 12.5 Å². The van der Waals surface area contributed by atoms with E-state index in [-0.39, 0.29) is 12.5 Å². The van der Waals surface area contributed by atoms with Gasteiger partial charge in [-0.05, 0) is 38.0 Å². The second kappa shape index (κ2) is 11.6. The van der Waals surface area contributed by atoms with E-state index in [4.69, 9.17) is 23.2 Å². The fourth-order valence-corrected chi connectivity index (χ4v) is 2.14. The molecule has 0 aliphatic carbocycles. The van der Waals surface area contributed by atoms with E-state index in [0.29, 0.717) is 11.8 Å². The SMILES string of the molecule is C#CC(C#N)CCC[C@H](C#C)CCC[C@@H](C)CCO. The molecule has 0 bridgehead atoms. The highest BCUT2D eigenvalue weighted by Gasteiger charge is 2.09. The predicted molar refractivity (Wildman–Crippen MR) is 78.8 cm³/mol. The summed E-state index contributed by atoms with van der Waals surface area (Å²) in [4.78, 5) is 0. The second-order valence-electron chi connectivity index (χ2n) is 5.19. The summed E-state index contributed by atoms with van der Waals surface area (Å²) in [5.74, 6) is 5.89. The molecule has 3 atom stereocenters. The average molecular weight is 259 g/mol. The number of rotatable bonds is 10. The van der Waals surface area contributed by atoms with Crippen LogP contribution in [0.5, 0.6) is 0 Å². The van der Waals surface area contributed by atoms with Gasteiger partial charge in [0.25, 0.3) is 0 Å². The molecule has 2 heteroatoms. The van der Waals surface area contributed by atoms with Gasteiger partial charge >= 0.3 is 0 Å². The minimum absolute atomic E-state index is 0.265. The number of hydrogen-bond donors (Lipinski definition) is 1. The normalized spacial score (nSPS) is 14.7. The first-order valence-corrected chi connectivity index (χ1v) is 7.10. The molecule has 0 radical (unpaired) electrons. The molecule has 0 spiro atoms. The van der Waals surface area contributed by atoms with Crippen molar-refractivity contribution in [3.8, 4) is 30.8 Å². The third-order valence-electron chi connectivity index (χ3n) is 3.51. The van der Waals surface area contributed by atoms with E-state index in [9.17, 15) is 0 Å². The topological polar surface area (TPSA) is 44.0 Å². The van der Waals surface area contributed by atoms with Crippen LogP contribution in [-0.4, -0.2) is 11.7 Å². The molecule has 0 amide bonds. The number of aliphatic hydroxyl groups excluding tert-OH is 1. The van der Waals surface area contributed by atoms with Crippen LogP contribution in [-0.2, 0) is 0 Å². The summed E-state index contributed by atoms with van der Waals surface area (Å²) in [5, 5.41) is 17.6. The summed E-state index contributed by atoms with van der Waals surface area (Å²) in [6.45, 7) is 2.42. The van der Waals surface area contributed by atoms with Crippen molar-refractivity contribution in [3.63, 3.8) is 0 Å². The highest BCUT2D eigenvalue weighted by molar-refractivity contribution is 5.05. The number of aliphatic hydroxyl groups is 1. The molecule has 0 saturated heterocycles. The first-order valence-electron chi connectivity index (χ1n) is 7.10. The number of nitriles is 1. The number of hydrogen-bond acceptors (Lipinski definition) is 2. The maximum atomic E-state index is 8.83. The lowest BCUT2D eigenvalue weighted by molar-refractivity contribution is 0.255. The summed E-state index contributed by atoms with van der Waals surface area (Å²) < 4.78 is 0. The van der Waals surface area contributed by atoms with Gasteiger partial charge in [0.1, 0.15) is 5.92 Å². The van der Waals surface area contributed by atoms with Gasteiger partial charge in [0.05, 0.1) is 6.07 Å². The molecule has 0 heterocycles. The molecule has 0 aromatic carbocycles. The summed E-state index contributed by atoms with van der Waals surface area (Å²) in [7, 11) is 0. The zero-order valence-electron chi connectivity index (χ0n) is 11.9. The van der Waals surface area contributed by atoms with Crippen molar-refractivity contribution < 1.29 is 5.11 Å². The predicted octanol–water partition coefficient (Wildman–Crippen LogP) is 3.37. The smallest absolute Gasteiger partial charge is 0.107 e. The van der Waals surface area contributed by atoms with Crippen LogP contribution in [0.15, 0.2) is 0 Å². The number of terminal acetylenes is 2. The van der Waals surface area contributed by atoms with E-state index in [2.05, 4.69) is 24.8 Å². The fourth-order valence-electron chi connectivity index (χ4n) is 2.14.